The fourth-order valence-electron chi connectivity index (χ4n) is 0.289. The van der Waals surface area contributed by atoms with Crippen molar-refractivity contribution in [2.24, 2.45) is 5.73 Å². The van der Waals surface area contributed by atoms with E-state index in [-0.39, 0.29) is 6.29 Å². The van der Waals surface area contributed by atoms with Gasteiger partial charge in [-0.1, -0.05) is 0 Å². The zero-order valence-electron chi connectivity index (χ0n) is 4.68. The summed E-state index contributed by atoms with van der Waals surface area (Å²) in [5.74, 6) is 0. The van der Waals surface area contributed by atoms with Crippen LogP contribution in [0.25, 0.3) is 0 Å². The summed E-state index contributed by atoms with van der Waals surface area (Å²) in [5, 5.41) is 0. The molecule has 0 spiro atoms. The summed E-state index contributed by atoms with van der Waals surface area (Å²) in [7, 11) is 3.11. The molecule has 0 fully saturated rings. The molecule has 0 bridgehead atoms. The molecular formula is C4H11NO2. The third kappa shape index (κ3) is 2.56. The smallest absolute Gasteiger partial charge is 0.168 e. The van der Waals surface area contributed by atoms with Crippen molar-refractivity contribution in [2.75, 3.05) is 20.8 Å². The molecular weight excluding hydrogens is 95.0 g/mol. The van der Waals surface area contributed by atoms with Gasteiger partial charge in [0, 0.05) is 20.8 Å². The number of hydrogen-bond acceptors (Lipinski definition) is 3. The maximum absolute atomic E-state index is 5.14. The summed E-state index contributed by atoms with van der Waals surface area (Å²) in [5.41, 5.74) is 5.14. The van der Waals surface area contributed by atoms with E-state index in [1.807, 2.05) is 0 Å². The monoisotopic (exact) mass is 106 g/mol. The molecule has 0 aromatic heterocycles. The van der Waals surface area contributed by atoms with E-state index in [2.05, 4.69) is 0 Å². The Labute approximate surface area is 43.4 Å². The van der Waals surface area contributed by atoms with Crippen LogP contribution in [0.15, 0.2) is 0 Å². The van der Waals surface area contributed by atoms with Crippen molar-refractivity contribution in [1.29, 1.82) is 0 Å². The van der Waals surface area contributed by atoms with Gasteiger partial charge >= 0.3 is 0 Å². The third-order valence-electron chi connectivity index (χ3n) is 0.718. The van der Waals surface area contributed by atoms with Crippen molar-refractivity contribution < 1.29 is 9.47 Å². The van der Waals surface area contributed by atoms with E-state index in [1.54, 1.807) is 14.2 Å². The Balaban J connectivity index is 2.99. The second-order valence-corrected chi connectivity index (χ2v) is 1.14. The van der Waals surface area contributed by atoms with Gasteiger partial charge in [-0.05, 0) is 0 Å². The van der Waals surface area contributed by atoms with Gasteiger partial charge in [0.25, 0.3) is 0 Å². The summed E-state index contributed by atoms with van der Waals surface area (Å²) in [4.78, 5) is 0. The van der Waals surface area contributed by atoms with Crippen molar-refractivity contribution in [3.8, 4) is 0 Å². The van der Waals surface area contributed by atoms with Crippen molar-refractivity contribution in [2.45, 2.75) is 6.29 Å². The molecule has 0 radical (unpaired) electrons. The van der Waals surface area contributed by atoms with E-state index in [9.17, 15) is 0 Å². The Bertz CT molecular complexity index is 31.2. The molecule has 2 N–H and O–H groups in total. The van der Waals surface area contributed by atoms with Gasteiger partial charge in [-0.15, -0.1) is 0 Å². The summed E-state index contributed by atoms with van der Waals surface area (Å²) < 4.78 is 9.40. The first kappa shape index (κ1) is 6.88. The zero-order valence-corrected chi connectivity index (χ0v) is 4.68. The molecule has 0 aromatic carbocycles. The first-order chi connectivity index (χ1) is 3.35. The average Bonchev–Trinajstić information content (AvgIpc) is 1.72. The predicted octanol–water partition coefficient (Wildman–Crippen LogP) is -0.436. The molecule has 0 aliphatic heterocycles. The number of ether oxygens (including phenoxy) is 2. The van der Waals surface area contributed by atoms with Gasteiger partial charge in [0.1, 0.15) is 0 Å². The maximum atomic E-state index is 5.14. The van der Waals surface area contributed by atoms with Crippen molar-refractivity contribution in [3.05, 3.63) is 0 Å². The molecule has 0 aliphatic carbocycles. The second-order valence-electron chi connectivity index (χ2n) is 1.14. The van der Waals surface area contributed by atoms with E-state index in [1.165, 1.54) is 0 Å². The van der Waals surface area contributed by atoms with E-state index in [4.69, 9.17) is 15.2 Å². The predicted molar refractivity (Wildman–Crippen MR) is 26.9 cm³/mol. The Kier molecular flexibility index (Phi) is 3.98. The van der Waals surface area contributed by atoms with E-state index >= 15 is 0 Å². The standard InChI is InChI=1S/C4H11NO2/c1-6-4(3-5)7-2/h4H,3,5H2,1-2H3/i4+1. The highest BCUT2D eigenvalue weighted by Gasteiger charge is 1.96. The van der Waals surface area contributed by atoms with Crippen LogP contribution >= 0.6 is 0 Å². The lowest BCUT2D eigenvalue weighted by Crippen LogP contribution is -2.23. The fraction of sp³-hybridized carbons (Fsp3) is 1.00. The highest BCUT2D eigenvalue weighted by Crippen LogP contribution is 1.83. The molecule has 0 amide bonds. The minimum Gasteiger partial charge on any atom is -0.355 e. The van der Waals surface area contributed by atoms with Crippen LogP contribution in [0.1, 0.15) is 0 Å². The molecule has 0 aliphatic rings. The molecule has 0 saturated heterocycles. The summed E-state index contributed by atoms with van der Waals surface area (Å²) in [6.45, 7) is 0.410. The Morgan fingerprint density at radius 1 is 1.43 bits per heavy atom. The Morgan fingerprint density at radius 2 is 1.86 bits per heavy atom. The SMILES string of the molecule is CO[13CH](CN)OC. The van der Waals surface area contributed by atoms with Gasteiger partial charge in [-0.2, -0.15) is 0 Å². The number of hydrogen-bond donors (Lipinski definition) is 1. The number of rotatable bonds is 3. The lowest BCUT2D eigenvalue weighted by molar-refractivity contribution is -0.0940. The second kappa shape index (κ2) is 4.05. The summed E-state index contributed by atoms with van der Waals surface area (Å²) in [6.07, 6.45) is -0.236. The molecule has 0 atom stereocenters. The topological polar surface area (TPSA) is 44.5 Å². The van der Waals surface area contributed by atoms with Gasteiger partial charge < -0.3 is 15.2 Å². The fourth-order valence-corrected chi connectivity index (χ4v) is 0.289. The average molecular weight is 106 g/mol. The van der Waals surface area contributed by atoms with Crippen LogP contribution in [-0.2, 0) is 9.47 Å². The van der Waals surface area contributed by atoms with Gasteiger partial charge in [0.05, 0.1) is 0 Å². The van der Waals surface area contributed by atoms with Crippen molar-refractivity contribution >= 4 is 0 Å². The van der Waals surface area contributed by atoms with Crippen molar-refractivity contribution in [3.63, 3.8) is 0 Å². The minimum absolute atomic E-state index is 0.236. The minimum atomic E-state index is -0.236. The molecule has 44 valence electrons. The largest absolute Gasteiger partial charge is 0.355 e. The molecule has 0 unspecified atom stereocenters. The molecule has 3 heteroatoms. The molecule has 0 heterocycles. The summed E-state index contributed by atoms with van der Waals surface area (Å²) in [6, 6.07) is 0. The van der Waals surface area contributed by atoms with Gasteiger partial charge in [-0.25, -0.2) is 0 Å². The first-order valence-corrected chi connectivity index (χ1v) is 2.10. The molecule has 0 saturated carbocycles. The number of nitrogens with two attached hydrogens (primary N) is 1. The quantitative estimate of drug-likeness (QED) is 0.392. The van der Waals surface area contributed by atoms with Crippen LogP contribution in [0, 0.1) is 0 Å². The lowest BCUT2D eigenvalue weighted by atomic mass is 11.0. The van der Waals surface area contributed by atoms with Crippen LogP contribution in [0.3, 0.4) is 0 Å². The molecule has 0 rings (SSSR count). The van der Waals surface area contributed by atoms with Gasteiger partial charge in [0.15, 0.2) is 6.29 Å². The van der Waals surface area contributed by atoms with E-state index < -0.39 is 0 Å². The Morgan fingerprint density at radius 3 is 1.86 bits per heavy atom. The van der Waals surface area contributed by atoms with Crippen molar-refractivity contribution in [1.82, 2.24) is 0 Å². The number of methoxy groups -OCH3 is 2. The maximum Gasteiger partial charge on any atom is 0.168 e. The van der Waals surface area contributed by atoms with Gasteiger partial charge in [0.2, 0.25) is 0 Å². The van der Waals surface area contributed by atoms with Crippen LogP contribution in [0.5, 0.6) is 0 Å². The molecule has 3 nitrogen and oxygen atoms in total. The Hall–Kier alpha value is -0.120. The van der Waals surface area contributed by atoms with Crippen LogP contribution < -0.4 is 5.73 Å². The zero-order chi connectivity index (χ0) is 5.70. The highest BCUT2D eigenvalue weighted by molar-refractivity contribution is 4.37. The molecule has 0 aromatic rings. The normalized spacial score (nSPS) is 10.3. The summed E-state index contributed by atoms with van der Waals surface area (Å²) >= 11 is 0. The van der Waals surface area contributed by atoms with Crippen LogP contribution in [0.2, 0.25) is 0 Å². The van der Waals surface area contributed by atoms with E-state index in [0.717, 1.165) is 0 Å². The first-order valence-electron chi connectivity index (χ1n) is 2.10. The molecule has 7 heavy (non-hydrogen) atoms. The van der Waals surface area contributed by atoms with Crippen LogP contribution in [0.4, 0.5) is 0 Å². The van der Waals surface area contributed by atoms with E-state index in [0.29, 0.717) is 6.54 Å². The highest BCUT2D eigenvalue weighted by atomic mass is 16.8. The van der Waals surface area contributed by atoms with Crippen LogP contribution in [-0.4, -0.2) is 27.1 Å². The van der Waals surface area contributed by atoms with Gasteiger partial charge in [-0.3, -0.25) is 0 Å². The lowest BCUT2D eigenvalue weighted by Gasteiger charge is -2.08. The third-order valence-corrected chi connectivity index (χ3v) is 0.718.